The molecule has 0 aliphatic carbocycles. The van der Waals surface area contributed by atoms with Gasteiger partial charge >= 0.3 is 12.7 Å². The van der Waals surface area contributed by atoms with Crippen molar-refractivity contribution in [3.05, 3.63) is 47.7 Å². The van der Waals surface area contributed by atoms with Crippen LogP contribution in [0, 0.1) is 5.82 Å². The second-order valence-corrected chi connectivity index (χ2v) is 6.76. The Morgan fingerprint density at radius 2 is 2.10 bits per heavy atom. The Morgan fingerprint density at radius 3 is 2.76 bits per heavy atom. The summed E-state index contributed by atoms with van der Waals surface area (Å²) in [6.45, 7) is 0.311. The molecular weight excluding hydrogens is 391 g/mol. The number of amides is 1. The molecular formula is C19H20F3N3O4. The number of halogens is 3. The molecule has 0 spiro atoms. The lowest BCUT2D eigenvalue weighted by molar-refractivity contribution is -0.0522. The lowest BCUT2D eigenvalue weighted by Gasteiger charge is -2.22. The molecule has 7 nitrogen and oxygen atoms in total. The summed E-state index contributed by atoms with van der Waals surface area (Å²) in [6.07, 6.45) is 0.376. The van der Waals surface area contributed by atoms with Gasteiger partial charge < -0.3 is 14.6 Å². The second kappa shape index (κ2) is 8.64. The van der Waals surface area contributed by atoms with E-state index in [1.165, 1.54) is 23.2 Å². The molecule has 1 aromatic heterocycles. The predicted octanol–water partition coefficient (Wildman–Crippen LogP) is 3.27. The summed E-state index contributed by atoms with van der Waals surface area (Å²) in [7, 11) is 0. The van der Waals surface area contributed by atoms with Crippen LogP contribution >= 0.6 is 0 Å². The Bertz CT molecular complexity index is 882. The molecule has 3 atom stereocenters. The highest BCUT2D eigenvalue weighted by Crippen LogP contribution is 2.27. The van der Waals surface area contributed by atoms with Crippen molar-refractivity contribution < 1.29 is 32.5 Å². The van der Waals surface area contributed by atoms with E-state index in [2.05, 4.69) is 14.7 Å². The topological polar surface area (TPSA) is 84.8 Å². The summed E-state index contributed by atoms with van der Waals surface area (Å²) in [5, 5.41) is 9.86. The van der Waals surface area contributed by atoms with Crippen molar-refractivity contribution in [1.82, 2.24) is 9.97 Å². The number of ether oxygens (including phenoxy) is 2. The van der Waals surface area contributed by atoms with Crippen molar-refractivity contribution in [3.8, 4) is 5.75 Å². The molecule has 29 heavy (non-hydrogen) atoms. The van der Waals surface area contributed by atoms with Gasteiger partial charge in [0.25, 0.3) is 0 Å². The van der Waals surface area contributed by atoms with E-state index in [-0.39, 0.29) is 12.5 Å². The van der Waals surface area contributed by atoms with E-state index in [1.54, 1.807) is 13.8 Å². The first kappa shape index (κ1) is 20.8. The highest BCUT2D eigenvalue weighted by atomic mass is 19.3. The third-order valence-corrected chi connectivity index (χ3v) is 4.63. The van der Waals surface area contributed by atoms with Gasteiger partial charge in [0.1, 0.15) is 24.3 Å². The van der Waals surface area contributed by atoms with Crippen LogP contribution in [0.5, 0.6) is 5.75 Å². The average Bonchev–Trinajstić information content (AvgIpc) is 3.05. The Balaban J connectivity index is 1.76. The monoisotopic (exact) mass is 411 g/mol. The first-order chi connectivity index (χ1) is 13.8. The molecule has 1 saturated heterocycles. The van der Waals surface area contributed by atoms with Crippen molar-refractivity contribution in [2.45, 2.75) is 44.9 Å². The van der Waals surface area contributed by atoms with E-state index >= 15 is 0 Å². The van der Waals surface area contributed by atoms with Gasteiger partial charge in [0.05, 0.1) is 6.10 Å². The van der Waals surface area contributed by atoms with E-state index in [4.69, 9.17) is 4.74 Å². The first-order valence-corrected chi connectivity index (χ1v) is 8.96. The molecule has 0 bridgehead atoms. The fraction of sp³-hybridized carbons (Fsp3) is 0.421. The van der Waals surface area contributed by atoms with Gasteiger partial charge in [0.2, 0.25) is 0 Å². The Labute approximate surface area is 165 Å². The van der Waals surface area contributed by atoms with Crippen LogP contribution < -0.4 is 9.64 Å². The molecule has 1 amide bonds. The van der Waals surface area contributed by atoms with E-state index < -0.39 is 36.4 Å². The van der Waals surface area contributed by atoms with Crippen molar-refractivity contribution >= 4 is 11.9 Å². The third kappa shape index (κ3) is 4.76. The predicted molar refractivity (Wildman–Crippen MR) is 96.5 cm³/mol. The normalized spacial score (nSPS) is 18.7. The number of anilines is 1. The van der Waals surface area contributed by atoms with Gasteiger partial charge in [-0.1, -0.05) is 13.0 Å². The number of nitrogens with zero attached hydrogens (tertiary/aromatic N) is 3. The van der Waals surface area contributed by atoms with Crippen LogP contribution in [0.15, 0.2) is 30.5 Å². The minimum absolute atomic E-state index is 0.0541. The summed E-state index contributed by atoms with van der Waals surface area (Å²) < 4.78 is 47.6. The molecule has 3 rings (SSSR count). The molecule has 156 valence electrons. The molecule has 1 fully saturated rings. The number of alkyl halides is 2. The zero-order valence-electron chi connectivity index (χ0n) is 15.8. The second-order valence-electron chi connectivity index (χ2n) is 6.76. The lowest BCUT2D eigenvalue weighted by atomic mass is 9.97. The molecule has 2 heterocycles. The number of carbonyl (C=O) groups excluding carboxylic acids is 1. The number of rotatable bonds is 7. The van der Waals surface area contributed by atoms with Crippen molar-refractivity contribution in [3.63, 3.8) is 0 Å². The number of benzene rings is 1. The fourth-order valence-corrected chi connectivity index (χ4v) is 3.08. The van der Waals surface area contributed by atoms with Crippen LogP contribution in [0.1, 0.15) is 31.2 Å². The summed E-state index contributed by atoms with van der Waals surface area (Å²) >= 11 is 0. The molecule has 0 saturated carbocycles. The molecule has 1 aliphatic heterocycles. The van der Waals surface area contributed by atoms with Crippen molar-refractivity contribution in [2.75, 3.05) is 11.5 Å². The standard InChI is InChI=1S/C19H20F3N3O4/c1-10(12-3-4-15(13(20)8-12)29-18(21)22)7-16-23-6-5-17(24-16)25-14(11(2)26)9-28-19(25)27/h3-6,8,10-11,14,18,26H,7,9H2,1-2H3/t10-,11-,14-/m1/s1. The molecule has 1 aromatic carbocycles. The van der Waals surface area contributed by atoms with Gasteiger partial charge in [-0.15, -0.1) is 0 Å². The minimum atomic E-state index is -3.10. The van der Waals surface area contributed by atoms with Gasteiger partial charge in [0, 0.05) is 12.6 Å². The van der Waals surface area contributed by atoms with Crippen molar-refractivity contribution in [2.24, 2.45) is 0 Å². The largest absolute Gasteiger partial charge is 0.447 e. The maximum Gasteiger partial charge on any atom is 0.416 e. The molecule has 0 unspecified atom stereocenters. The zero-order valence-corrected chi connectivity index (χ0v) is 15.8. The fourth-order valence-electron chi connectivity index (χ4n) is 3.08. The molecule has 2 aromatic rings. The van der Waals surface area contributed by atoms with E-state index in [0.29, 0.717) is 23.6 Å². The molecule has 1 N–H and O–H groups in total. The number of aliphatic hydroxyl groups is 1. The zero-order chi connectivity index (χ0) is 21.1. The van der Waals surface area contributed by atoms with Crippen LogP contribution in [0.3, 0.4) is 0 Å². The maximum absolute atomic E-state index is 14.0. The summed E-state index contributed by atoms with van der Waals surface area (Å²) in [5.74, 6) is -0.955. The van der Waals surface area contributed by atoms with Crippen LogP contribution in [-0.4, -0.2) is 46.5 Å². The van der Waals surface area contributed by atoms with Crippen LogP contribution in [-0.2, 0) is 11.2 Å². The molecule has 1 aliphatic rings. The van der Waals surface area contributed by atoms with Gasteiger partial charge in [-0.05, 0) is 36.6 Å². The molecule has 10 heteroatoms. The molecule has 0 radical (unpaired) electrons. The van der Waals surface area contributed by atoms with Crippen molar-refractivity contribution in [1.29, 1.82) is 0 Å². The highest BCUT2D eigenvalue weighted by Gasteiger charge is 2.38. The quantitative estimate of drug-likeness (QED) is 0.753. The summed E-state index contributed by atoms with van der Waals surface area (Å²) in [5.41, 5.74) is 0.556. The van der Waals surface area contributed by atoms with Gasteiger partial charge in [-0.25, -0.2) is 19.2 Å². The van der Waals surface area contributed by atoms with E-state index in [0.717, 1.165) is 12.1 Å². The number of hydrogen-bond donors (Lipinski definition) is 1. The third-order valence-electron chi connectivity index (χ3n) is 4.63. The lowest BCUT2D eigenvalue weighted by Crippen LogP contribution is -2.41. The number of carbonyl (C=O) groups is 1. The summed E-state index contributed by atoms with van der Waals surface area (Å²) in [6, 6.07) is 4.76. The Morgan fingerprint density at radius 1 is 1.34 bits per heavy atom. The Kier molecular flexibility index (Phi) is 6.21. The highest BCUT2D eigenvalue weighted by molar-refractivity contribution is 5.89. The number of aliphatic hydroxyl groups excluding tert-OH is 1. The van der Waals surface area contributed by atoms with Crippen LogP contribution in [0.4, 0.5) is 23.8 Å². The first-order valence-electron chi connectivity index (χ1n) is 8.96. The summed E-state index contributed by atoms with van der Waals surface area (Å²) in [4.78, 5) is 21.8. The van der Waals surface area contributed by atoms with Crippen LogP contribution in [0.25, 0.3) is 0 Å². The number of hydrogen-bond acceptors (Lipinski definition) is 6. The number of aromatic nitrogens is 2. The van der Waals surface area contributed by atoms with Gasteiger partial charge in [-0.3, -0.25) is 4.90 Å². The maximum atomic E-state index is 14.0. The Hall–Kier alpha value is -2.88. The SMILES string of the molecule is C[C@H](Cc1nccc(N2C(=O)OC[C@@H]2[C@@H](C)O)n1)c1ccc(OC(F)F)c(F)c1. The van der Waals surface area contributed by atoms with Crippen LogP contribution in [0.2, 0.25) is 0 Å². The van der Waals surface area contributed by atoms with Gasteiger partial charge in [-0.2, -0.15) is 8.78 Å². The number of cyclic esters (lactones) is 1. The minimum Gasteiger partial charge on any atom is -0.447 e. The smallest absolute Gasteiger partial charge is 0.416 e. The van der Waals surface area contributed by atoms with E-state index in [1.807, 2.05) is 0 Å². The van der Waals surface area contributed by atoms with Gasteiger partial charge in [0.15, 0.2) is 11.6 Å². The average molecular weight is 411 g/mol. The van der Waals surface area contributed by atoms with E-state index in [9.17, 15) is 23.1 Å².